The topological polar surface area (TPSA) is 72.6 Å². The highest BCUT2D eigenvalue weighted by Crippen LogP contribution is 2.29. The number of halogens is 2. The number of carbonyl (C=O) groups is 1. The Kier molecular flexibility index (Phi) is 4.24. The van der Waals surface area contributed by atoms with E-state index in [0.717, 1.165) is 0 Å². The highest BCUT2D eigenvalue weighted by molar-refractivity contribution is 9.10. The Morgan fingerprint density at radius 2 is 2.32 bits per heavy atom. The van der Waals surface area contributed by atoms with Crippen molar-refractivity contribution in [2.45, 2.75) is 6.61 Å². The quantitative estimate of drug-likeness (QED) is 0.915. The van der Waals surface area contributed by atoms with Crippen molar-refractivity contribution in [2.24, 2.45) is 0 Å². The maximum absolute atomic E-state index is 11.0. The number of methoxy groups -OCH3 is 1. The van der Waals surface area contributed by atoms with Crippen molar-refractivity contribution in [3.05, 3.63) is 39.1 Å². The number of hydrogen-bond acceptors (Lipinski definition) is 4. The summed E-state index contributed by atoms with van der Waals surface area (Å²) >= 11 is 9.18. The Hall–Kier alpha value is -1.37. The van der Waals surface area contributed by atoms with E-state index in [2.05, 4.69) is 20.9 Å². The van der Waals surface area contributed by atoms with E-state index in [4.69, 9.17) is 25.9 Å². The Labute approximate surface area is 122 Å². The van der Waals surface area contributed by atoms with E-state index in [1.54, 1.807) is 18.2 Å². The van der Waals surface area contributed by atoms with Crippen LogP contribution in [-0.4, -0.2) is 23.2 Å². The number of ether oxygens (including phenoxy) is 1. The second kappa shape index (κ2) is 5.73. The second-order valence-electron chi connectivity index (χ2n) is 3.66. The van der Waals surface area contributed by atoms with Crippen LogP contribution in [0.4, 0.5) is 0 Å². The number of benzene rings is 1. The first kappa shape index (κ1) is 14.0. The summed E-state index contributed by atoms with van der Waals surface area (Å²) in [4.78, 5) is 15.2. The largest absolute Gasteiger partial charge is 0.475 e. The molecule has 1 aromatic heterocycles. The normalized spacial score (nSPS) is 10.7. The van der Waals surface area contributed by atoms with Gasteiger partial charge in [-0.1, -0.05) is 11.6 Å². The van der Waals surface area contributed by atoms with Crippen molar-refractivity contribution in [1.29, 1.82) is 0 Å². The van der Waals surface area contributed by atoms with Gasteiger partial charge in [-0.2, -0.15) is 0 Å². The van der Waals surface area contributed by atoms with Gasteiger partial charge in [-0.3, -0.25) is 0 Å². The van der Waals surface area contributed by atoms with E-state index >= 15 is 0 Å². The van der Waals surface area contributed by atoms with Crippen LogP contribution in [0.1, 0.15) is 16.2 Å². The molecule has 100 valence electrons. The number of carboxylic acids is 1. The van der Waals surface area contributed by atoms with Crippen LogP contribution in [0.2, 0.25) is 5.02 Å². The van der Waals surface area contributed by atoms with Gasteiger partial charge in [0.1, 0.15) is 5.69 Å². The molecule has 0 spiro atoms. The lowest BCUT2D eigenvalue weighted by Crippen LogP contribution is -2.00. The summed E-state index contributed by atoms with van der Waals surface area (Å²) < 4.78 is 10.8. The lowest BCUT2D eigenvalue weighted by molar-refractivity contribution is 0.0656. The van der Waals surface area contributed by atoms with E-state index in [0.29, 0.717) is 15.1 Å². The second-order valence-corrected chi connectivity index (χ2v) is 4.92. The average molecular weight is 347 g/mol. The van der Waals surface area contributed by atoms with Crippen molar-refractivity contribution in [1.82, 2.24) is 4.98 Å². The van der Waals surface area contributed by atoms with Gasteiger partial charge in [-0.25, -0.2) is 9.78 Å². The number of oxazole rings is 1. The summed E-state index contributed by atoms with van der Waals surface area (Å²) in [6, 6.07) is 5.07. The molecule has 1 heterocycles. The number of rotatable bonds is 4. The first-order chi connectivity index (χ1) is 9.02. The summed E-state index contributed by atoms with van der Waals surface area (Å²) in [6.07, 6.45) is 0. The molecule has 0 saturated heterocycles. The van der Waals surface area contributed by atoms with Gasteiger partial charge < -0.3 is 14.3 Å². The number of carboxylic acid groups (broad SMARTS) is 1. The van der Waals surface area contributed by atoms with Crippen molar-refractivity contribution in [3.63, 3.8) is 0 Å². The Balaban J connectivity index is 2.47. The van der Waals surface area contributed by atoms with Gasteiger partial charge in [0, 0.05) is 17.1 Å². The zero-order chi connectivity index (χ0) is 14.0. The predicted octanol–water partition coefficient (Wildman–Crippen LogP) is 3.60. The molecule has 0 saturated carbocycles. The van der Waals surface area contributed by atoms with Gasteiger partial charge in [0.05, 0.1) is 11.6 Å². The van der Waals surface area contributed by atoms with Crippen molar-refractivity contribution >= 4 is 33.5 Å². The number of aromatic carboxylic acids is 1. The van der Waals surface area contributed by atoms with Gasteiger partial charge in [0.15, 0.2) is 0 Å². The van der Waals surface area contributed by atoms with Gasteiger partial charge in [-0.15, -0.1) is 0 Å². The van der Waals surface area contributed by atoms with Crippen molar-refractivity contribution < 1.29 is 19.1 Å². The minimum absolute atomic E-state index is 0.0693. The van der Waals surface area contributed by atoms with Crippen LogP contribution in [0.25, 0.3) is 11.5 Å². The predicted molar refractivity (Wildman–Crippen MR) is 72.3 cm³/mol. The highest BCUT2D eigenvalue weighted by atomic mass is 79.9. The van der Waals surface area contributed by atoms with Gasteiger partial charge in [0.2, 0.25) is 11.7 Å². The molecule has 0 aliphatic carbocycles. The molecular weight excluding hydrogens is 337 g/mol. The fraction of sp³-hybridized carbons (Fsp3) is 0.167. The highest BCUT2D eigenvalue weighted by Gasteiger charge is 2.20. The molecule has 0 aliphatic rings. The molecule has 2 aromatic rings. The van der Waals surface area contributed by atoms with Gasteiger partial charge in [0.25, 0.3) is 0 Å². The van der Waals surface area contributed by atoms with Crippen molar-refractivity contribution in [3.8, 4) is 11.5 Å². The van der Waals surface area contributed by atoms with Crippen LogP contribution in [0.15, 0.2) is 27.1 Å². The minimum Gasteiger partial charge on any atom is -0.475 e. The monoisotopic (exact) mass is 345 g/mol. The molecule has 5 nitrogen and oxygen atoms in total. The molecule has 0 radical (unpaired) electrons. The SMILES string of the molecule is COCc1nc(-c2ccc(Cl)c(Br)c2)oc1C(=O)O. The van der Waals surface area contributed by atoms with Gasteiger partial charge >= 0.3 is 5.97 Å². The fourth-order valence-corrected chi connectivity index (χ4v) is 2.00. The zero-order valence-corrected chi connectivity index (χ0v) is 12.2. The third-order valence-electron chi connectivity index (χ3n) is 2.34. The third kappa shape index (κ3) is 2.97. The van der Waals surface area contributed by atoms with Crippen LogP contribution in [0.5, 0.6) is 0 Å². The molecule has 0 bridgehead atoms. The van der Waals surface area contributed by atoms with E-state index in [1.807, 2.05) is 0 Å². The lowest BCUT2D eigenvalue weighted by Gasteiger charge is -1.98. The summed E-state index contributed by atoms with van der Waals surface area (Å²) in [5.41, 5.74) is 0.872. The maximum Gasteiger partial charge on any atom is 0.373 e. The Morgan fingerprint density at radius 1 is 1.58 bits per heavy atom. The molecule has 7 heteroatoms. The summed E-state index contributed by atoms with van der Waals surface area (Å²) in [6.45, 7) is 0.0693. The first-order valence-electron chi connectivity index (χ1n) is 5.20. The van der Waals surface area contributed by atoms with Gasteiger partial charge in [-0.05, 0) is 34.1 Å². The Morgan fingerprint density at radius 3 is 2.89 bits per heavy atom. The van der Waals surface area contributed by atoms with Crippen LogP contribution in [0.3, 0.4) is 0 Å². The minimum atomic E-state index is -1.18. The molecule has 0 unspecified atom stereocenters. The van der Waals surface area contributed by atoms with Crippen molar-refractivity contribution in [2.75, 3.05) is 7.11 Å². The van der Waals surface area contributed by atoms with E-state index in [9.17, 15) is 4.79 Å². The first-order valence-corrected chi connectivity index (χ1v) is 6.37. The summed E-state index contributed by atoms with van der Waals surface area (Å²) in [5.74, 6) is -1.19. The smallest absolute Gasteiger partial charge is 0.373 e. The average Bonchev–Trinajstić information content (AvgIpc) is 2.77. The number of nitrogens with zero attached hydrogens (tertiary/aromatic N) is 1. The van der Waals surface area contributed by atoms with Crippen LogP contribution >= 0.6 is 27.5 Å². The summed E-state index contributed by atoms with van der Waals surface area (Å²) in [7, 11) is 1.46. The molecule has 0 amide bonds. The molecule has 1 aromatic carbocycles. The number of aromatic nitrogens is 1. The number of hydrogen-bond donors (Lipinski definition) is 1. The van der Waals surface area contributed by atoms with E-state index in [-0.39, 0.29) is 24.0 Å². The van der Waals surface area contributed by atoms with Crippen LogP contribution in [-0.2, 0) is 11.3 Å². The molecule has 2 rings (SSSR count). The standard InChI is InChI=1S/C12H9BrClNO4/c1-18-5-9-10(12(16)17)19-11(15-9)6-2-3-8(14)7(13)4-6/h2-4H,5H2,1H3,(H,16,17). The molecule has 0 atom stereocenters. The zero-order valence-electron chi connectivity index (χ0n) is 9.81. The molecule has 0 aliphatic heterocycles. The molecule has 1 N–H and O–H groups in total. The van der Waals surface area contributed by atoms with Crippen LogP contribution in [0, 0.1) is 0 Å². The molecule has 19 heavy (non-hydrogen) atoms. The third-order valence-corrected chi connectivity index (χ3v) is 3.55. The van der Waals surface area contributed by atoms with E-state index < -0.39 is 5.97 Å². The molecular formula is C12H9BrClNO4. The van der Waals surface area contributed by atoms with E-state index in [1.165, 1.54) is 7.11 Å². The lowest BCUT2D eigenvalue weighted by atomic mass is 10.2. The molecule has 0 fully saturated rings. The maximum atomic E-state index is 11.0. The van der Waals surface area contributed by atoms with Crippen LogP contribution < -0.4 is 0 Å². The summed E-state index contributed by atoms with van der Waals surface area (Å²) in [5, 5.41) is 9.58. The fourth-order valence-electron chi connectivity index (χ4n) is 1.51. The Bertz CT molecular complexity index is 626.